The Bertz CT molecular complexity index is 407. The van der Waals surface area contributed by atoms with Crippen molar-refractivity contribution >= 4 is 17.6 Å². The molecule has 0 N–H and O–H groups in total. The molecule has 17 heavy (non-hydrogen) atoms. The first kappa shape index (κ1) is 12.2. The lowest BCUT2D eigenvalue weighted by Crippen LogP contribution is -2.30. The molecule has 1 saturated carbocycles. The van der Waals surface area contributed by atoms with Crippen LogP contribution in [0.15, 0.2) is 24.3 Å². The smallest absolute Gasteiger partial charge is 0.350 e. The van der Waals surface area contributed by atoms with Gasteiger partial charge in [0.2, 0.25) is 5.60 Å². The minimum Gasteiger partial charge on any atom is -0.476 e. The Labute approximate surface area is 106 Å². The van der Waals surface area contributed by atoms with Gasteiger partial charge in [0.25, 0.3) is 0 Å². The van der Waals surface area contributed by atoms with Crippen LogP contribution >= 0.6 is 11.6 Å². The van der Waals surface area contributed by atoms with Gasteiger partial charge in [-0.2, -0.15) is 0 Å². The monoisotopic (exact) mass is 254 g/mol. The first-order valence-corrected chi connectivity index (χ1v) is 6.02. The average Bonchev–Trinajstić information content (AvgIpc) is 3.09. The number of hydrogen-bond acceptors (Lipinski definition) is 3. The molecule has 0 saturated heterocycles. The van der Waals surface area contributed by atoms with Crippen molar-refractivity contribution in [2.75, 3.05) is 7.11 Å². The van der Waals surface area contributed by atoms with Crippen molar-refractivity contribution in [2.24, 2.45) is 0 Å². The average molecular weight is 255 g/mol. The van der Waals surface area contributed by atoms with E-state index in [2.05, 4.69) is 0 Å². The highest BCUT2D eigenvalue weighted by Gasteiger charge is 2.54. The first-order chi connectivity index (χ1) is 8.07. The Morgan fingerprint density at radius 2 is 1.94 bits per heavy atom. The fraction of sp³-hybridized carbons (Fsp3) is 0.462. The summed E-state index contributed by atoms with van der Waals surface area (Å²) < 4.78 is 10.4. The van der Waals surface area contributed by atoms with E-state index >= 15 is 0 Å². The molecule has 0 heterocycles. The molecule has 0 radical (unpaired) electrons. The third kappa shape index (κ3) is 2.55. The zero-order chi connectivity index (χ0) is 12.5. The Balaban J connectivity index is 2.07. The summed E-state index contributed by atoms with van der Waals surface area (Å²) in [6.07, 6.45) is 1.43. The van der Waals surface area contributed by atoms with E-state index in [-0.39, 0.29) is 11.3 Å². The molecule has 4 heteroatoms. The van der Waals surface area contributed by atoms with Crippen molar-refractivity contribution < 1.29 is 14.3 Å². The molecule has 1 aromatic carbocycles. The van der Waals surface area contributed by atoms with Crippen molar-refractivity contribution in [2.45, 2.75) is 30.7 Å². The highest BCUT2D eigenvalue weighted by Crippen LogP contribution is 2.41. The maximum Gasteiger partial charge on any atom is 0.350 e. The summed E-state index contributed by atoms with van der Waals surface area (Å²) in [6.45, 7) is 1.91. The molecule has 3 nitrogen and oxygen atoms in total. The summed E-state index contributed by atoms with van der Waals surface area (Å²) in [7, 11) is 1.38. The molecule has 1 unspecified atom stereocenters. The summed E-state index contributed by atoms with van der Waals surface area (Å²) in [6, 6.07) is 7.47. The van der Waals surface area contributed by atoms with Gasteiger partial charge in [0.05, 0.1) is 12.5 Å². The molecule has 1 aliphatic rings. The van der Waals surface area contributed by atoms with Crippen molar-refractivity contribution in [1.29, 1.82) is 0 Å². The van der Waals surface area contributed by atoms with Crippen LogP contribution in [0.3, 0.4) is 0 Å². The number of carbonyl (C=O) groups is 1. The fourth-order valence-corrected chi connectivity index (χ4v) is 1.82. The first-order valence-electron chi connectivity index (χ1n) is 5.59. The SMILES string of the molecule is COC(=O)C1(Oc2ccc(C(C)Cl)cc2)CC1. The van der Waals surface area contributed by atoms with Crippen molar-refractivity contribution in [3.8, 4) is 5.75 Å². The number of rotatable bonds is 4. The minimum absolute atomic E-state index is 0.0282. The second-order valence-electron chi connectivity index (χ2n) is 4.27. The van der Waals surface area contributed by atoms with E-state index < -0.39 is 5.60 Å². The zero-order valence-corrected chi connectivity index (χ0v) is 10.7. The van der Waals surface area contributed by atoms with Gasteiger partial charge in [0.15, 0.2) is 0 Å². The van der Waals surface area contributed by atoms with Crippen LogP contribution in [0.1, 0.15) is 30.7 Å². The van der Waals surface area contributed by atoms with Gasteiger partial charge in [-0.05, 0) is 24.6 Å². The Hall–Kier alpha value is -1.22. The summed E-state index contributed by atoms with van der Waals surface area (Å²) in [5, 5.41) is -0.0282. The number of alkyl halides is 1. The van der Waals surface area contributed by atoms with Gasteiger partial charge in [-0.15, -0.1) is 11.6 Å². The van der Waals surface area contributed by atoms with Gasteiger partial charge in [0, 0.05) is 12.8 Å². The lowest BCUT2D eigenvalue weighted by Gasteiger charge is -2.15. The standard InChI is InChI=1S/C13H15ClO3/c1-9(14)10-3-5-11(6-4-10)17-13(7-8-13)12(15)16-2/h3-6,9H,7-8H2,1-2H3. The van der Waals surface area contributed by atoms with Crippen LogP contribution in [0.5, 0.6) is 5.75 Å². The highest BCUT2D eigenvalue weighted by atomic mass is 35.5. The number of carbonyl (C=O) groups excluding carboxylic acids is 1. The van der Waals surface area contributed by atoms with Gasteiger partial charge in [0.1, 0.15) is 5.75 Å². The topological polar surface area (TPSA) is 35.5 Å². The van der Waals surface area contributed by atoms with Gasteiger partial charge in [-0.3, -0.25) is 0 Å². The third-order valence-electron chi connectivity index (χ3n) is 2.91. The van der Waals surface area contributed by atoms with Gasteiger partial charge in [-0.1, -0.05) is 12.1 Å². The normalized spacial score (nSPS) is 18.3. The fourth-order valence-electron chi connectivity index (χ4n) is 1.67. The van der Waals surface area contributed by atoms with Crippen molar-refractivity contribution in [1.82, 2.24) is 0 Å². The van der Waals surface area contributed by atoms with E-state index in [9.17, 15) is 4.79 Å². The number of ether oxygens (including phenoxy) is 2. The molecule has 0 amide bonds. The van der Waals surface area contributed by atoms with Gasteiger partial charge >= 0.3 is 5.97 Å². The molecule has 1 fully saturated rings. The van der Waals surface area contributed by atoms with Crippen LogP contribution in [0.4, 0.5) is 0 Å². The molecular formula is C13H15ClO3. The second kappa shape index (κ2) is 4.57. The maximum atomic E-state index is 11.5. The molecule has 0 aliphatic heterocycles. The quantitative estimate of drug-likeness (QED) is 0.612. The van der Waals surface area contributed by atoms with Crippen molar-refractivity contribution in [3.05, 3.63) is 29.8 Å². The molecule has 1 atom stereocenters. The predicted octanol–water partition coefficient (Wildman–Crippen LogP) is 3.07. The lowest BCUT2D eigenvalue weighted by molar-refractivity contribution is -0.151. The number of esters is 1. The number of halogens is 1. The molecule has 0 aromatic heterocycles. The van der Waals surface area contributed by atoms with Crippen LogP contribution in [-0.2, 0) is 9.53 Å². The van der Waals surface area contributed by atoms with E-state index in [1.165, 1.54) is 7.11 Å². The molecule has 0 bridgehead atoms. The maximum absolute atomic E-state index is 11.5. The van der Waals surface area contributed by atoms with E-state index in [4.69, 9.17) is 21.1 Å². The Morgan fingerprint density at radius 3 is 2.35 bits per heavy atom. The van der Waals surface area contributed by atoms with E-state index in [0.717, 1.165) is 5.56 Å². The van der Waals surface area contributed by atoms with Crippen LogP contribution in [0, 0.1) is 0 Å². The molecule has 0 spiro atoms. The molecular weight excluding hydrogens is 240 g/mol. The Morgan fingerprint density at radius 1 is 1.35 bits per heavy atom. The largest absolute Gasteiger partial charge is 0.476 e. The van der Waals surface area contributed by atoms with E-state index in [1.807, 2.05) is 31.2 Å². The minimum atomic E-state index is -0.747. The van der Waals surface area contributed by atoms with Crippen LogP contribution in [-0.4, -0.2) is 18.7 Å². The number of methoxy groups -OCH3 is 1. The van der Waals surface area contributed by atoms with Gasteiger partial charge < -0.3 is 9.47 Å². The Kier molecular flexibility index (Phi) is 3.29. The molecule has 1 aromatic rings. The molecule has 1 aliphatic carbocycles. The van der Waals surface area contributed by atoms with Crippen molar-refractivity contribution in [3.63, 3.8) is 0 Å². The summed E-state index contributed by atoms with van der Waals surface area (Å²) in [4.78, 5) is 11.5. The van der Waals surface area contributed by atoms with Crippen LogP contribution in [0.25, 0.3) is 0 Å². The number of benzene rings is 1. The third-order valence-corrected chi connectivity index (χ3v) is 3.17. The second-order valence-corrected chi connectivity index (χ2v) is 4.93. The summed E-state index contributed by atoms with van der Waals surface area (Å²) in [5.41, 5.74) is 0.282. The summed E-state index contributed by atoms with van der Waals surface area (Å²) in [5.74, 6) is 0.376. The lowest BCUT2D eigenvalue weighted by atomic mass is 10.1. The highest BCUT2D eigenvalue weighted by molar-refractivity contribution is 6.20. The van der Waals surface area contributed by atoms with Crippen LogP contribution < -0.4 is 4.74 Å². The van der Waals surface area contributed by atoms with E-state index in [1.54, 1.807) is 0 Å². The molecule has 2 rings (SSSR count). The number of hydrogen-bond donors (Lipinski definition) is 0. The van der Waals surface area contributed by atoms with E-state index in [0.29, 0.717) is 18.6 Å². The zero-order valence-electron chi connectivity index (χ0n) is 9.90. The summed E-state index contributed by atoms with van der Waals surface area (Å²) >= 11 is 5.96. The molecule has 92 valence electrons. The van der Waals surface area contributed by atoms with Gasteiger partial charge in [-0.25, -0.2) is 4.79 Å². The predicted molar refractivity (Wildman–Crippen MR) is 65.3 cm³/mol. The van der Waals surface area contributed by atoms with Crippen LogP contribution in [0.2, 0.25) is 0 Å².